The van der Waals surface area contributed by atoms with E-state index in [-0.39, 0.29) is 11.2 Å². The van der Waals surface area contributed by atoms with E-state index in [4.69, 9.17) is 0 Å². The molecule has 0 aliphatic carbocycles. The summed E-state index contributed by atoms with van der Waals surface area (Å²) in [6, 6.07) is 5.50. The van der Waals surface area contributed by atoms with Gasteiger partial charge in [-0.05, 0) is 37.1 Å². The Kier molecular flexibility index (Phi) is 6.02. The van der Waals surface area contributed by atoms with Gasteiger partial charge in [0.25, 0.3) is 5.91 Å². The van der Waals surface area contributed by atoms with Crippen molar-refractivity contribution in [3.63, 3.8) is 0 Å². The summed E-state index contributed by atoms with van der Waals surface area (Å²) in [6.07, 6.45) is 2.41. The van der Waals surface area contributed by atoms with Gasteiger partial charge < -0.3 is 5.32 Å². The van der Waals surface area contributed by atoms with Gasteiger partial charge in [0.05, 0.1) is 0 Å². The molecule has 1 aromatic carbocycles. The molecule has 5 heteroatoms. The average Bonchev–Trinajstić information content (AvgIpc) is 2.32. The minimum absolute atomic E-state index is 0.0836. The Balaban J connectivity index is 2.50. The van der Waals surface area contributed by atoms with Crippen LogP contribution in [0.4, 0.5) is 0 Å². The first-order chi connectivity index (χ1) is 8.41. The SMILES string of the molecule is Cc1cc(C(=O)NCCC(C)S(C)=O)ccc1Br. The van der Waals surface area contributed by atoms with E-state index in [9.17, 15) is 9.00 Å². The standard InChI is InChI=1S/C13H18BrNO2S/c1-9-8-11(4-5-12(9)14)13(16)15-7-6-10(2)18(3)17/h4-5,8,10H,6-7H2,1-3H3,(H,15,16). The van der Waals surface area contributed by atoms with E-state index in [0.717, 1.165) is 16.5 Å². The molecule has 0 spiro atoms. The zero-order valence-electron chi connectivity index (χ0n) is 10.8. The Morgan fingerprint density at radius 1 is 1.50 bits per heavy atom. The molecule has 1 amide bonds. The van der Waals surface area contributed by atoms with Crippen molar-refractivity contribution in [3.8, 4) is 0 Å². The molecule has 1 aromatic rings. The van der Waals surface area contributed by atoms with Gasteiger partial charge in [-0.15, -0.1) is 0 Å². The van der Waals surface area contributed by atoms with Crippen LogP contribution in [0.5, 0.6) is 0 Å². The van der Waals surface area contributed by atoms with E-state index in [2.05, 4.69) is 21.2 Å². The summed E-state index contributed by atoms with van der Waals surface area (Å²) in [5.41, 5.74) is 1.69. The first-order valence-corrected chi connectivity index (χ1v) is 8.20. The highest BCUT2D eigenvalue weighted by Gasteiger charge is 2.09. The van der Waals surface area contributed by atoms with Gasteiger partial charge in [-0.25, -0.2) is 0 Å². The molecule has 0 aliphatic rings. The number of nitrogens with one attached hydrogen (secondary N) is 1. The molecule has 0 bridgehead atoms. The Labute approximate surface area is 119 Å². The van der Waals surface area contributed by atoms with Crippen molar-refractivity contribution >= 4 is 32.6 Å². The molecular weight excluding hydrogens is 314 g/mol. The van der Waals surface area contributed by atoms with Crippen LogP contribution in [-0.2, 0) is 10.8 Å². The van der Waals surface area contributed by atoms with Gasteiger partial charge >= 0.3 is 0 Å². The Hall–Kier alpha value is -0.680. The lowest BCUT2D eigenvalue weighted by atomic mass is 10.1. The average molecular weight is 332 g/mol. The fourth-order valence-electron chi connectivity index (χ4n) is 1.44. The summed E-state index contributed by atoms with van der Waals surface area (Å²) < 4.78 is 12.2. The van der Waals surface area contributed by atoms with Crippen molar-refractivity contribution < 1.29 is 9.00 Å². The number of carbonyl (C=O) groups is 1. The molecule has 100 valence electrons. The molecule has 2 unspecified atom stereocenters. The number of hydrogen-bond donors (Lipinski definition) is 1. The zero-order valence-corrected chi connectivity index (χ0v) is 13.2. The van der Waals surface area contributed by atoms with E-state index in [0.29, 0.717) is 12.1 Å². The third kappa shape index (κ3) is 4.53. The quantitative estimate of drug-likeness (QED) is 0.901. The van der Waals surface area contributed by atoms with Crippen LogP contribution in [0, 0.1) is 6.92 Å². The number of halogens is 1. The predicted octanol–water partition coefficient (Wildman–Crippen LogP) is 2.64. The maximum Gasteiger partial charge on any atom is 0.251 e. The molecule has 0 fully saturated rings. The maximum absolute atomic E-state index is 11.9. The molecule has 1 rings (SSSR count). The van der Waals surface area contributed by atoms with Gasteiger partial charge in [-0.3, -0.25) is 9.00 Å². The van der Waals surface area contributed by atoms with Gasteiger partial charge in [0, 0.05) is 38.9 Å². The Morgan fingerprint density at radius 2 is 2.17 bits per heavy atom. The zero-order chi connectivity index (χ0) is 13.7. The highest BCUT2D eigenvalue weighted by atomic mass is 79.9. The molecular formula is C13H18BrNO2S. The van der Waals surface area contributed by atoms with Crippen molar-refractivity contribution in [3.05, 3.63) is 33.8 Å². The molecule has 0 aliphatic heterocycles. The van der Waals surface area contributed by atoms with E-state index >= 15 is 0 Å². The van der Waals surface area contributed by atoms with E-state index < -0.39 is 10.8 Å². The summed E-state index contributed by atoms with van der Waals surface area (Å²) in [5, 5.41) is 2.95. The van der Waals surface area contributed by atoms with Gasteiger partial charge in [-0.1, -0.05) is 22.9 Å². The molecule has 3 nitrogen and oxygen atoms in total. The second kappa shape index (κ2) is 7.04. The van der Waals surface area contributed by atoms with Crippen molar-refractivity contribution in [1.82, 2.24) is 5.32 Å². The van der Waals surface area contributed by atoms with Gasteiger partial charge in [0.2, 0.25) is 0 Å². The molecule has 1 N–H and O–H groups in total. The minimum atomic E-state index is -0.834. The number of hydrogen-bond acceptors (Lipinski definition) is 2. The highest BCUT2D eigenvalue weighted by molar-refractivity contribution is 9.10. The highest BCUT2D eigenvalue weighted by Crippen LogP contribution is 2.16. The number of rotatable bonds is 5. The summed E-state index contributed by atoms with van der Waals surface area (Å²) in [6.45, 7) is 4.42. The number of aryl methyl sites for hydroxylation is 1. The fraction of sp³-hybridized carbons (Fsp3) is 0.462. The fourth-order valence-corrected chi connectivity index (χ4v) is 2.14. The summed E-state index contributed by atoms with van der Waals surface area (Å²) in [5.74, 6) is -0.0836. The largest absolute Gasteiger partial charge is 0.352 e. The minimum Gasteiger partial charge on any atom is -0.352 e. The van der Waals surface area contributed by atoms with E-state index in [1.165, 1.54) is 0 Å². The summed E-state index contributed by atoms with van der Waals surface area (Å²) in [4.78, 5) is 11.9. The van der Waals surface area contributed by atoms with Gasteiger partial charge in [0.15, 0.2) is 0 Å². The third-order valence-electron chi connectivity index (χ3n) is 2.82. The molecule has 2 atom stereocenters. The Bertz CT molecular complexity index is 462. The second-order valence-electron chi connectivity index (χ2n) is 4.32. The van der Waals surface area contributed by atoms with Gasteiger partial charge in [0.1, 0.15) is 0 Å². The molecule has 0 saturated carbocycles. The topological polar surface area (TPSA) is 46.2 Å². The van der Waals surface area contributed by atoms with Crippen LogP contribution in [0.2, 0.25) is 0 Å². The number of benzene rings is 1. The van der Waals surface area contributed by atoms with E-state index in [1.54, 1.807) is 12.3 Å². The first-order valence-electron chi connectivity index (χ1n) is 5.78. The lowest BCUT2D eigenvalue weighted by Crippen LogP contribution is -2.27. The van der Waals surface area contributed by atoms with E-state index in [1.807, 2.05) is 26.0 Å². The Morgan fingerprint density at radius 3 is 2.72 bits per heavy atom. The molecule has 0 saturated heterocycles. The third-order valence-corrected chi connectivity index (χ3v) is 5.08. The molecule has 0 radical (unpaired) electrons. The predicted molar refractivity (Wildman–Crippen MR) is 79.4 cm³/mol. The monoisotopic (exact) mass is 331 g/mol. The number of carbonyl (C=O) groups excluding carboxylic acids is 1. The van der Waals surface area contributed by atoms with Gasteiger partial charge in [-0.2, -0.15) is 0 Å². The van der Waals surface area contributed by atoms with Crippen molar-refractivity contribution in [2.75, 3.05) is 12.8 Å². The first kappa shape index (κ1) is 15.4. The molecule has 18 heavy (non-hydrogen) atoms. The van der Waals surface area contributed by atoms with Crippen LogP contribution in [-0.4, -0.2) is 28.2 Å². The summed E-state index contributed by atoms with van der Waals surface area (Å²) >= 11 is 3.40. The lowest BCUT2D eigenvalue weighted by Gasteiger charge is -2.10. The lowest BCUT2D eigenvalue weighted by molar-refractivity contribution is 0.0953. The second-order valence-corrected chi connectivity index (χ2v) is 6.97. The van der Waals surface area contributed by atoms with Crippen LogP contribution in [0.1, 0.15) is 29.3 Å². The van der Waals surface area contributed by atoms with Crippen LogP contribution in [0.15, 0.2) is 22.7 Å². The maximum atomic E-state index is 11.9. The molecule has 0 heterocycles. The number of amides is 1. The van der Waals surface area contributed by atoms with Crippen LogP contribution < -0.4 is 5.32 Å². The molecule has 0 aromatic heterocycles. The van der Waals surface area contributed by atoms with Crippen LogP contribution in [0.3, 0.4) is 0 Å². The van der Waals surface area contributed by atoms with Crippen molar-refractivity contribution in [2.24, 2.45) is 0 Å². The van der Waals surface area contributed by atoms with Crippen molar-refractivity contribution in [1.29, 1.82) is 0 Å². The normalized spacial score (nSPS) is 14.0. The van der Waals surface area contributed by atoms with Crippen molar-refractivity contribution in [2.45, 2.75) is 25.5 Å². The summed E-state index contributed by atoms with van der Waals surface area (Å²) in [7, 11) is -0.834. The van der Waals surface area contributed by atoms with Crippen LogP contribution >= 0.6 is 15.9 Å². The van der Waals surface area contributed by atoms with Crippen LogP contribution in [0.25, 0.3) is 0 Å². The smallest absolute Gasteiger partial charge is 0.251 e.